The topological polar surface area (TPSA) is 66.5 Å². The van der Waals surface area contributed by atoms with Crippen LogP contribution in [0.1, 0.15) is 86.6 Å². The van der Waals surface area contributed by atoms with Crippen LogP contribution in [0.25, 0.3) is 0 Å². The van der Waals surface area contributed by atoms with Crippen LogP contribution in [-0.4, -0.2) is 34.7 Å². The quantitative estimate of drug-likeness (QED) is 0.619. The zero-order chi connectivity index (χ0) is 19.7. The maximum absolute atomic E-state index is 13.0. The van der Waals surface area contributed by atoms with E-state index in [4.69, 9.17) is 0 Å². The van der Waals surface area contributed by atoms with Gasteiger partial charge in [0.2, 0.25) is 0 Å². The van der Waals surface area contributed by atoms with Crippen molar-refractivity contribution in [2.75, 3.05) is 6.54 Å². The predicted octanol–water partition coefficient (Wildman–Crippen LogP) is 4.42. The maximum Gasteiger partial charge on any atom is 0.325 e. The zero-order valence-corrected chi connectivity index (χ0v) is 16.7. The number of nitrogens with one attached hydrogen (secondary N) is 1. The number of nitrogens with zero attached hydrogens (tertiary/aromatic N) is 1. The number of imide groups is 1. The molecule has 1 heterocycles. The van der Waals surface area contributed by atoms with Gasteiger partial charge in [-0.15, -0.1) is 0 Å². The largest absolute Gasteiger partial charge is 0.325 e. The van der Waals surface area contributed by atoms with Gasteiger partial charge in [-0.05, 0) is 43.1 Å². The Morgan fingerprint density at radius 3 is 2.39 bits per heavy atom. The van der Waals surface area contributed by atoms with Crippen molar-refractivity contribution < 1.29 is 14.4 Å². The highest BCUT2D eigenvalue weighted by Crippen LogP contribution is 2.38. The first-order valence-corrected chi connectivity index (χ1v) is 10.8. The number of carbonyl (C=O) groups is 3. The highest BCUT2D eigenvalue weighted by molar-refractivity contribution is 6.11. The van der Waals surface area contributed by atoms with E-state index in [-0.39, 0.29) is 24.2 Å². The predicted molar refractivity (Wildman–Crippen MR) is 107 cm³/mol. The molecule has 0 unspecified atom stereocenters. The molecule has 28 heavy (non-hydrogen) atoms. The molecule has 5 heteroatoms. The first-order chi connectivity index (χ1) is 13.5. The number of carbonyl (C=O) groups excluding carboxylic acids is 3. The zero-order valence-electron chi connectivity index (χ0n) is 16.7. The van der Waals surface area contributed by atoms with E-state index < -0.39 is 11.6 Å². The van der Waals surface area contributed by atoms with Crippen molar-refractivity contribution in [1.29, 1.82) is 0 Å². The van der Waals surface area contributed by atoms with Gasteiger partial charge in [0.25, 0.3) is 5.91 Å². The molecule has 1 saturated heterocycles. The van der Waals surface area contributed by atoms with Crippen LogP contribution < -0.4 is 5.32 Å². The molecule has 5 nitrogen and oxygen atoms in total. The summed E-state index contributed by atoms with van der Waals surface area (Å²) in [6.45, 7) is 1.84. The molecule has 0 bridgehead atoms. The molecule has 0 aromatic heterocycles. The van der Waals surface area contributed by atoms with E-state index >= 15 is 0 Å². The summed E-state index contributed by atoms with van der Waals surface area (Å²) in [4.78, 5) is 39.4. The summed E-state index contributed by atoms with van der Waals surface area (Å²) in [5.41, 5.74) is 1.06. The lowest BCUT2D eigenvalue weighted by Crippen LogP contribution is -2.54. The molecule has 150 valence electrons. The Balaban J connectivity index is 1.44. The lowest BCUT2D eigenvalue weighted by Gasteiger charge is -2.36. The van der Waals surface area contributed by atoms with E-state index in [2.05, 4.69) is 5.32 Å². The minimum Gasteiger partial charge on any atom is -0.323 e. The summed E-state index contributed by atoms with van der Waals surface area (Å²) >= 11 is 0. The molecule has 2 saturated carbocycles. The summed E-state index contributed by atoms with van der Waals surface area (Å²) in [7, 11) is 0. The van der Waals surface area contributed by atoms with Crippen LogP contribution in [0.5, 0.6) is 0 Å². The molecular formula is C23H30N2O3. The summed E-state index contributed by atoms with van der Waals surface area (Å²) in [5.74, 6) is 0.292. The van der Waals surface area contributed by atoms with Crippen molar-refractivity contribution >= 4 is 17.7 Å². The fraction of sp³-hybridized carbons (Fsp3) is 0.609. The first-order valence-electron chi connectivity index (χ1n) is 10.8. The SMILES string of the molecule is C[C@H]1CCCC[C@@]12NC(=O)N(CC(=O)c1ccc(C3CCCCC3)cc1)C2=O. The summed E-state index contributed by atoms with van der Waals surface area (Å²) in [6.07, 6.45) is 9.91. The fourth-order valence-corrected chi connectivity index (χ4v) is 5.25. The Hall–Kier alpha value is -2.17. The van der Waals surface area contributed by atoms with Gasteiger partial charge >= 0.3 is 6.03 Å². The van der Waals surface area contributed by atoms with Crippen LogP contribution in [0, 0.1) is 5.92 Å². The second-order valence-corrected chi connectivity index (χ2v) is 8.82. The van der Waals surface area contributed by atoms with Gasteiger partial charge in [0.1, 0.15) is 5.54 Å². The van der Waals surface area contributed by atoms with E-state index in [1.54, 1.807) is 0 Å². The average Bonchev–Trinajstić information content (AvgIpc) is 2.96. The van der Waals surface area contributed by atoms with Crippen LogP contribution in [0.15, 0.2) is 24.3 Å². The van der Waals surface area contributed by atoms with Crippen molar-refractivity contribution in [3.05, 3.63) is 35.4 Å². The normalized spacial score (nSPS) is 28.6. The molecule has 1 aromatic rings. The molecule has 3 amide bonds. The van der Waals surface area contributed by atoms with Gasteiger partial charge in [0.15, 0.2) is 5.78 Å². The fourth-order valence-electron chi connectivity index (χ4n) is 5.25. The van der Waals surface area contributed by atoms with Gasteiger partial charge in [0.05, 0.1) is 6.54 Å². The summed E-state index contributed by atoms with van der Waals surface area (Å²) in [5, 5.41) is 2.91. The van der Waals surface area contributed by atoms with Crippen molar-refractivity contribution in [3.8, 4) is 0 Å². The number of Topliss-reactive ketones (excluding diaryl/α,β-unsaturated/α-hetero) is 1. The molecule has 1 aromatic carbocycles. The molecule has 0 radical (unpaired) electrons. The van der Waals surface area contributed by atoms with Gasteiger partial charge in [0, 0.05) is 5.56 Å². The lowest BCUT2D eigenvalue weighted by atomic mass is 9.73. The van der Waals surface area contributed by atoms with Gasteiger partial charge in [-0.2, -0.15) is 0 Å². The smallest absolute Gasteiger partial charge is 0.323 e. The van der Waals surface area contributed by atoms with Crippen molar-refractivity contribution in [2.45, 2.75) is 76.2 Å². The van der Waals surface area contributed by atoms with E-state index in [9.17, 15) is 14.4 Å². The maximum atomic E-state index is 13.0. The third kappa shape index (κ3) is 3.36. The molecule has 4 rings (SSSR count). The van der Waals surface area contributed by atoms with Gasteiger partial charge in [-0.3, -0.25) is 14.5 Å². The Bertz CT molecular complexity index is 767. The number of amides is 3. The van der Waals surface area contributed by atoms with Crippen LogP contribution in [0.4, 0.5) is 4.79 Å². The number of rotatable bonds is 4. The average molecular weight is 383 g/mol. The Labute approximate surface area is 166 Å². The third-order valence-corrected chi connectivity index (χ3v) is 7.11. The molecule has 3 aliphatic rings. The molecule has 2 atom stereocenters. The molecular weight excluding hydrogens is 352 g/mol. The Kier molecular flexibility index (Phi) is 5.26. The summed E-state index contributed by atoms with van der Waals surface area (Å²) in [6, 6.07) is 7.36. The minimum absolute atomic E-state index is 0.104. The van der Waals surface area contributed by atoms with E-state index in [1.807, 2.05) is 31.2 Å². The molecule has 1 N–H and O–H groups in total. The number of benzene rings is 1. The molecule has 3 fully saturated rings. The van der Waals surface area contributed by atoms with Crippen LogP contribution >= 0.6 is 0 Å². The van der Waals surface area contributed by atoms with Crippen LogP contribution in [-0.2, 0) is 4.79 Å². The standard InChI is InChI=1S/C23H30N2O3/c1-16-7-5-6-14-23(16)21(27)25(22(28)24-23)15-20(26)19-12-10-18(11-13-19)17-8-3-2-4-9-17/h10-13,16-17H,2-9,14-15H2,1H3,(H,24,28)/t16-,23+/m0/s1. The number of ketones is 1. The van der Waals surface area contributed by atoms with Crippen molar-refractivity contribution in [2.24, 2.45) is 5.92 Å². The first kappa shape index (κ1) is 19.2. The van der Waals surface area contributed by atoms with Crippen molar-refractivity contribution in [3.63, 3.8) is 0 Å². The monoisotopic (exact) mass is 382 g/mol. The molecule has 1 spiro atoms. The summed E-state index contributed by atoms with van der Waals surface area (Å²) < 4.78 is 0. The lowest BCUT2D eigenvalue weighted by molar-refractivity contribution is -0.133. The third-order valence-electron chi connectivity index (χ3n) is 7.11. The van der Waals surface area contributed by atoms with Gasteiger partial charge < -0.3 is 5.32 Å². The number of hydrogen-bond donors (Lipinski definition) is 1. The van der Waals surface area contributed by atoms with E-state index in [0.717, 1.165) is 24.2 Å². The van der Waals surface area contributed by atoms with Crippen molar-refractivity contribution in [1.82, 2.24) is 10.2 Å². The van der Waals surface area contributed by atoms with Crippen LogP contribution in [0.3, 0.4) is 0 Å². The highest BCUT2D eigenvalue weighted by atomic mass is 16.2. The number of urea groups is 1. The van der Waals surface area contributed by atoms with E-state index in [1.165, 1.54) is 37.7 Å². The minimum atomic E-state index is -0.805. The Morgan fingerprint density at radius 2 is 1.71 bits per heavy atom. The highest BCUT2D eigenvalue weighted by Gasteiger charge is 2.55. The van der Waals surface area contributed by atoms with Crippen LogP contribution in [0.2, 0.25) is 0 Å². The molecule has 1 aliphatic heterocycles. The number of hydrogen-bond acceptors (Lipinski definition) is 3. The molecule has 2 aliphatic carbocycles. The second-order valence-electron chi connectivity index (χ2n) is 8.82. The van der Waals surface area contributed by atoms with Gasteiger partial charge in [-0.1, -0.05) is 63.3 Å². The Morgan fingerprint density at radius 1 is 1.04 bits per heavy atom. The van der Waals surface area contributed by atoms with E-state index in [0.29, 0.717) is 17.9 Å². The van der Waals surface area contributed by atoms with Gasteiger partial charge in [-0.25, -0.2) is 4.79 Å². The second kappa shape index (κ2) is 7.69.